The first-order valence-corrected chi connectivity index (χ1v) is 11.7. The van der Waals surface area contributed by atoms with E-state index in [2.05, 4.69) is 10.2 Å². The molecule has 0 spiro atoms. The molecule has 3 rings (SSSR count). The Morgan fingerprint density at radius 3 is 2.52 bits per heavy atom. The number of nitrogens with two attached hydrogens (primary N) is 1. The summed E-state index contributed by atoms with van der Waals surface area (Å²) in [6.45, 7) is 3.22. The highest BCUT2D eigenvalue weighted by Gasteiger charge is 2.22. The summed E-state index contributed by atoms with van der Waals surface area (Å²) in [5.74, 6) is 0.570. The van der Waals surface area contributed by atoms with Gasteiger partial charge in [0.2, 0.25) is 0 Å². The molecule has 6 nitrogen and oxygen atoms in total. The molecule has 1 saturated heterocycles. The number of hydrogen-bond donors (Lipinski definition) is 3. The lowest BCUT2D eigenvalue weighted by Gasteiger charge is -2.32. The molecule has 1 aliphatic heterocycles. The average molecular weight is 537 g/mol. The van der Waals surface area contributed by atoms with Crippen LogP contribution in [0.1, 0.15) is 41.3 Å². The summed E-state index contributed by atoms with van der Waals surface area (Å²) in [6.07, 6.45) is 1.99. The van der Waals surface area contributed by atoms with Gasteiger partial charge in [0.1, 0.15) is 5.75 Å². The van der Waals surface area contributed by atoms with Crippen LogP contribution in [-0.2, 0) is 0 Å². The first-order valence-electron chi connectivity index (χ1n) is 10.5. The van der Waals surface area contributed by atoms with E-state index in [0.717, 1.165) is 38.0 Å². The summed E-state index contributed by atoms with van der Waals surface area (Å²) in [6, 6.07) is 8.31. The van der Waals surface area contributed by atoms with E-state index >= 15 is 0 Å². The number of aliphatic hydroxyl groups is 1. The number of carbonyl (C=O) groups excluding carboxylic acids is 1. The second-order valence-corrected chi connectivity index (χ2v) is 9.27. The molecule has 0 aliphatic carbocycles. The molecule has 33 heavy (non-hydrogen) atoms. The Bertz CT molecular complexity index is 953. The van der Waals surface area contributed by atoms with Crippen LogP contribution in [0.2, 0.25) is 15.1 Å². The minimum Gasteiger partial charge on any atom is -0.496 e. The van der Waals surface area contributed by atoms with Gasteiger partial charge in [-0.15, -0.1) is 12.4 Å². The highest BCUT2D eigenvalue weighted by Crippen LogP contribution is 2.29. The number of nitrogen functional groups attached to an aromatic ring is 1. The number of hydrogen-bond acceptors (Lipinski definition) is 5. The van der Waals surface area contributed by atoms with Crippen molar-refractivity contribution >= 4 is 58.8 Å². The van der Waals surface area contributed by atoms with E-state index in [1.165, 1.54) is 13.2 Å². The summed E-state index contributed by atoms with van der Waals surface area (Å²) < 4.78 is 5.26. The van der Waals surface area contributed by atoms with Gasteiger partial charge in [-0.1, -0.05) is 40.9 Å². The van der Waals surface area contributed by atoms with Crippen molar-refractivity contribution < 1.29 is 14.6 Å². The van der Waals surface area contributed by atoms with Crippen molar-refractivity contribution in [3.8, 4) is 5.75 Å². The van der Waals surface area contributed by atoms with Crippen molar-refractivity contribution in [1.29, 1.82) is 0 Å². The van der Waals surface area contributed by atoms with Crippen molar-refractivity contribution in [3.63, 3.8) is 0 Å². The van der Waals surface area contributed by atoms with Gasteiger partial charge in [-0.25, -0.2) is 0 Å². The molecule has 182 valence electrons. The average Bonchev–Trinajstić information content (AvgIpc) is 2.79. The smallest absolute Gasteiger partial charge is 0.255 e. The van der Waals surface area contributed by atoms with Crippen molar-refractivity contribution in [1.82, 2.24) is 10.2 Å². The third-order valence-corrected chi connectivity index (χ3v) is 6.94. The van der Waals surface area contributed by atoms with Gasteiger partial charge >= 0.3 is 0 Å². The van der Waals surface area contributed by atoms with Crippen molar-refractivity contribution in [2.75, 3.05) is 39.0 Å². The molecular formula is C23H29Cl4N3O3. The SMILES string of the molecule is COc1cc(N)c(Cl)cc1C(=O)NCC1CCN(CCC(O)c2ccc(Cl)c(Cl)c2)CC1.Cl. The van der Waals surface area contributed by atoms with Crippen molar-refractivity contribution in [3.05, 3.63) is 56.5 Å². The number of piperidine rings is 1. The van der Waals surface area contributed by atoms with Gasteiger partial charge < -0.3 is 25.8 Å². The number of halogens is 4. The largest absolute Gasteiger partial charge is 0.496 e. The third kappa shape index (κ3) is 7.54. The zero-order valence-electron chi connectivity index (χ0n) is 18.3. The van der Waals surface area contributed by atoms with Crippen LogP contribution >= 0.6 is 47.2 Å². The van der Waals surface area contributed by atoms with Crippen LogP contribution in [0.5, 0.6) is 5.75 Å². The number of amides is 1. The molecule has 0 bridgehead atoms. The number of benzene rings is 2. The van der Waals surface area contributed by atoms with Gasteiger partial charge in [-0.2, -0.15) is 0 Å². The maximum atomic E-state index is 12.6. The van der Waals surface area contributed by atoms with Crippen LogP contribution in [0.4, 0.5) is 5.69 Å². The summed E-state index contributed by atoms with van der Waals surface area (Å²) in [5, 5.41) is 14.7. The number of anilines is 1. The standard InChI is InChI=1S/C23H28Cl3N3O3.ClH/c1-32-22-12-20(27)19(26)11-16(22)23(31)28-13-14-4-7-29(8-5-14)9-6-21(30)15-2-3-17(24)18(25)10-15;/h2-3,10-12,14,21,30H,4-9,13,27H2,1H3,(H,28,31);1H. The Morgan fingerprint density at radius 2 is 1.88 bits per heavy atom. The van der Waals surface area contributed by atoms with E-state index in [1.807, 2.05) is 0 Å². The molecule has 2 aromatic rings. The zero-order chi connectivity index (χ0) is 23.3. The highest BCUT2D eigenvalue weighted by atomic mass is 35.5. The lowest BCUT2D eigenvalue weighted by Crippen LogP contribution is -2.39. The molecule has 2 aromatic carbocycles. The van der Waals surface area contributed by atoms with Crippen molar-refractivity contribution in [2.24, 2.45) is 5.92 Å². The molecular weight excluding hydrogens is 508 g/mol. The molecule has 0 radical (unpaired) electrons. The van der Waals surface area contributed by atoms with Gasteiger partial charge in [0.15, 0.2) is 0 Å². The molecule has 1 heterocycles. The minimum atomic E-state index is -0.580. The van der Waals surface area contributed by atoms with Crippen LogP contribution in [0.15, 0.2) is 30.3 Å². The van der Waals surface area contributed by atoms with Crippen LogP contribution < -0.4 is 15.8 Å². The number of ether oxygens (including phenoxy) is 1. The lowest BCUT2D eigenvalue weighted by atomic mass is 9.96. The number of rotatable bonds is 8. The summed E-state index contributed by atoms with van der Waals surface area (Å²) in [4.78, 5) is 14.9. The van der Waals surface area contributed by atoms with E-state index in [0.29, 0.717) is 51.0 Å². The summed E-state index contributed by atoms with van der Waals surface area (Å²) in [5.41, 5.74) is 7.30. The number of likely N-dealkylation sites (tertiary alicyclic amines) is 1. The molecule has 0 saturated carbocycles. The Labute approximate surface area is 215 Å². The van der Waals surface area contributed by atoms with Gasteiger partial charge in [0.25, 0.3) is 5.91 Å². The van der Waals surface area contributed by atoms with Crippen LogP contribution in [0, 0.1) is 5.92 Å². The second kappa shape index (κ2) is 12.9. The molecule has 1 atom stereocenters. The van der Waals surface area contributed by atoms with Crippen LogP contribution in [0.3, 0.4) is 0 Å². The fourth-order valence-corrected chi connectivity index (χ4v) is 4.32. The molecule has 1 unspecified atom stereocenters. The number of carbonyl (C=O) groups is 1. The lowest BCUT2D eigenvalue weighted by molar-refractivity contribution is 0.0925. The number of aliphatic hydroxyl groups excluding tert-OH is 1. The van der Waals surface area contributed by atoms with Gasteiger partial charge in [0, 0.05) is 19.2 Å². The number of methoxy groups -OCH3 is 1. The third-order valence-electron chi connectivity index (χ3n) is 5.87. The summed E-state index contributed by atoms with van der Waals surface area (Å²) >= 11 is 18.0. The maximum absolute atomic E-state index is 12.6. The fourth-order valence-electron chi connectivity index (χ4n) is 3.85. The first-order chi connectivity index (χ1) is 15.3. The predicted octanol–water partition coefficient (Wildman–Crippen LogP) is 5.22. The van der Waals surface area contributed by atoms with Gasteiger partial charge in [0.05, 0.1) is 39.5 Å². The Kier molecular flexibility index (Phi) is 10.9. The molecule has 4 N–H and O–H groups in total. The number of nitrogens with zero attached hydrogens (tertiary/aromatic N) is 1. The van der Waals surface area contributed by atoms with E-state index in [9.17, 15) is 9.90 Å². The Balaban J connectivity index is 0.00000385. The van der Waals surface area contributed by atoms with E-state index in [1.54, 1.807) is 24.3 Å². The summed E-state index contributed by atoms with van der Waals surface area (Å²) in [7, 11) is 1.49. The quantitative estimate of drug-likeness (QED) is 0.402. The molecule has 1 aliphatic rings. The molecule has 10 heteroatoms. The highest BCUT2D eigenvalue weighted by molar-refractivity contribution is 6.42. The Morgan fingerprint density at radius 1 is 1.18 bits per heavy atom. The van der Waals surface area contributed by atoms with E-state index in [-0.39, 0.29) is 18.3 Å². The minimum absolute atomic E-state index is 0. The van der Waals surface area contributed by atoms with E-state index < -0.39 is 6.10 Å². The van der Waals surface area contributed by atoms with Crippen LogP contribution in [0.25, 0.3) is 0 Å². The predicted molar refractivity (Wildman–Crippen MR) is 137 cm³/mol. The second-order valence-electron chi connectivity index (χ2n) is 8.05. The first kappa shape index (κ1) is 27.8. The van der Waals surface area contributed by atoms with E-state index in [4.69, 9.17) is 45.3 Å². The van der Waals surface area contributed by atoms with Gasteiger partial charge in [-0.05, 0) is 62.0 Å². The maximum Gasteiger partial charge on any atom is 0.255 e. The Hall–Kier alpha value is -1.41. The molecule has 0 aromatic heterocycles. The fraction of sp³-hybridized carbons (Fsp3) is 0.435. The monoisotopic (exact) mass is 535 g/mol. The normalized spacial score (nSPS) is 15.5. The van der Waals surface area contributed by atoms with Crippen molar-refractivity contribution in [2.45, 2.75) is 25.4 Å². The topological polar surface area (TPSA) is 87.8 Å². The van der Waals surface area contributed by atoms with Gasteiger partial charge in [-0.3, -0.25) is 4.79 Å². The molecule has 1 fully saturated rings. The molecule has 1 amide bonds. The van der Waals surface area contributed by atoms with Crippen LogP contribution in [-0.4, -0.2) is 49.2 Å². The number of nitrogens with one attached hydrogen (secondary N) is 1. The zero-order valence-corrected chi connectivity index (χ0v) is 21.4.